The van der Waals surface area contributed by atoms with Gasteiger partial charge in [0.15, 0.2) is 0 Å². The summed E-state index contributed by atoms with van der Waals surface area (Å²) in [4.78, 5) is 21.6. The Morgan fingerprint density at radius 2 is 2.00 bits per heavy atom. The Bertz CT molecular complexity index is 542. The molecular weight excluding hydrogens is 297 g/mol. The van der Waals surface area contributed by atoms with Gasteiger partial charge < -0.3 is 10.2 Å². The monoisotopic (exact) mass is 316 g/mol. The first-order valence-corrected chi connectivity index (χ1v) is 7.12. The van der Waals surface area contributed by atoms with Crippen molar-refractivity contribution in [2.24, 2.45) is 5.92 Å². The topological polar surface area (TPSA) is 58.1 Å². The molecule has 1 saturated heterocycles. The van der Waals surface area contributed by atoms with Gasteiger partial charge in [-0.15, -0.1) is 0 Å². The van der Waals surface area contributed by atoms with E-state index < -0.39 is 23.7 Å². The quantitative estimate of drug-likeness (QED) is 0.911. The third-order valence-corrected chi connectivity index (χ3v) is 4.10. The summed E-state index contributed by atoms with van der Waals surface area (Å²) in [6, 6.07) is -0.565. The first kappa shape index (κ1) is 16.5. The molecule has 0 saturated carbocycles. The Morgan fingerprint density at radius 1 is 1.41 bits per heavy atom. The average molecular weight is 316 g/mol. The van der Waals surface area contributed by atoms with E-state index >= 15 is 0 Å². The maximum absolute atomic E-state index is 13.0. The van der Waals surface area contributed by atoms with Crippen LogP contribution in [0.25, 0.3) is 0 Å². The van der Waals surface area contributed by atoms with Gasteiger partial charge >= 0.3 is 12.2 Å². The summed E-state index contributed by atoms with van der Waals surface area (Å²) in [5.41, 5.74) is -0.916. The van der Waals surface area contributed by atoms with Crippen molar-refractivity contribution in [3.8, 4) is 0 Å². The molecule has 1 N–H and O–H groups in total. The minimum atomic E-state index is -4.32. The molecule has 1 aromatic rings. The van der Waals surface area contributed by atoms with E-state index in [0.717, 1.165) is 0 Å². The van der Waals surface area contributed by atoms with Gasteiger partial charge in [-0.2, -0.15) is 13.2 Å². The highest BCUT2D eigenvalue weighted by atomic mass is 19.4. The molecule has 1 unspecified atom stereocenters. The molecule has 2 amide bonds. The number of likely N-dealkylation sites (tertiary alicyclic amines) is 1. The van der Waals surface area contributed by atoms with Crippen molar-refractivity contribution in [2.45, 2.75) is 45.3 Å². The molecule has 0 aromatic carbocycles. The van der Waals surface area contributed by atoms with Crippen LogP contribution < -0.4 is 5.32 Å². The van der Waals surface area contributed by atoms with Gasteiger partial charge in [0.2, 0.25) is 0 Å². The van der Waals surface area contributed by atoms with E-state index in [4.69, 9.17) is 0 Å². The fourth-order valence-corrected chi connectivity index (χ4v) is 2.81. The number of hydrogen-bond acceptors (Lipinski definition) is 3. The second kappa shape index (κ2) is 5.73. The van der Waals surface area contributed by atoms with E-state index in [1.165, 1.54) is 31.1 Å². The lowest BCUT2D eigenvalue weighted by Gasteiger charge is -2.36. The van der Waals surface area contributed by atoms with Crippen molar-refractivity contribution in [1.82, 2.24) is 14.9 Å². The number of carbonyl (C=O) groups excluding carboxylic acids is 1. The molecule has 22 heavy (non-hydrogen) atoms. The summed E-state index contributed by atoms with van der Waals surface area (Å²) in [6.07, 6.45) is -0.831. The SMILES string of the molecule is CCc1ncc(NC(=O)N2CCC(C(F)(F)F)C2(C)C)cn1. The molecule has 5 nitrogen and oxygen atoms in total. The fraction of sp³-hybridized carbons (Fsp3) is 0.643. The van der Waals surface area contributed by atoms with Crippen LogP contribution in [0.1, 0.15) is 33.0 Å². The van der Waals surface area contributed by atoms with Crippen molar-refractivity contribution in [2.75, 3.05) is 11.9 Å². The van der Waals surface area contributed by atoms with E-state index in [1.807, 2.05) is 6.92 Å². The van der Waals surface area contributed by atoms with Crippen LogP contribution in [0.2, 0.25) is 0 Å². The van der Waals surface area contributed by atoms with E-state index in [0.29, 0.717) is 17.9 Å². The van der Waals surface area contributed by atoms with Crippen LogP contribution in [-0.2, 0) is 6.42 Å². The van der Waals surface area contributed by atoms with Gasteiger partial charge in [-0.3, -0.25) is 0 Å². The fourth-order valence-electron chi connectivity index (χ4n) is 2.81. The Labute approximate surface area is 126 Å². The smallest absolute Gasteiger partial charge is 0.319 e. The minimum absolute atomic E-state index is 0.0664. The normalized spacial score (nSPS) is 21.0. The first-order chi connectivity index (χ1) is 10.2. The number of carbonyl (C=O) groups is 1. The molecule has 1 atom stereocenters. The summed E-state index contributed by atoms with van der Waals surface area (Å²) in [7, 11) is 0. The maximum atomic E-state index is 13.0. The predicted molar refractivity (Wildman–Crippen MR) is 75.4 cm³/mol. The molecule has 1 aromatic heterocycles. The van der Waals surface area contributed by atoms with Gasteiger partial charge in [0.1, 0.15) is 5.82 Å². The standard InChI is InChI=1S/C14H19F3N4O/c1-4-11-18-7-9(8-19-11)20-12(22)21-6-5-10(13(21,2)3)14(15,16)17/h7-8,10H,4-6H2,1-3H3,(H,20,22). The molecule has 1 fully saturated rings. The van der Waals surface area contributed by atoms with Crippen LogP contribution in [0.5, 0.6) is 0 Å². The molecule has 122 valence electrons. The minimum Gasteiger partial charge on any atom is -0.319 e. The Hall–Kier alpha value is -1.86. The highest BCUT2D eigenvalue weighted by molar-refractivity contribution is 5.89. The van der Waals surface area contributed by atoms with Crippen LogP contribution in [0.3, 0.4) is 0 Å². The zero-order chi connectivity index (χ0) is 16.5. The Morgan fingerprint density at radius 3 is 2.45 bits per heavy atom. The Balaban J connectivity index is 2.09. The molecule has 0 spiro atoms. The molecule has 8 heteroatoms. The maximum Gasteiger partial charge on any atom is 0.394 e. The van der Waals surface area contributed by atoms with Gasteiger partial charge in [0.05, 0.1) is 29.5 Å². The van der Waals surface area contributed by atoms with Gasteiger partial charge in [0, 0.05) is 13.0 Å². The number of amides is 2. The molecule has 1 aliphatic heterocycles. The molecule has 1 aliphatic rings. The Kier molecular flexibility index (Phi) is 4.30. The van der Waals surface area contributed by atoms with Crippen LogP contribution in [0, 0.1) is 5.92 Å². The number of anilines is 1. The van der Waals surface area contributed by atoms with Crippen LogP contribution in [0.4, 0.5) is 23.7 Å². The zero-order valence-electron chi connectivity index (χ0n) is 12.7. The third-order valence-electron chi connectivity index (χ3n) is 4.10. The van der Waals surface area contributed by atoms with Crippen LogP contribution >= 0.6 is 0 Å². The number of alkyl halides is 3. The lowest BCUT2D eigenvalue weighted by Crippen LogP contribution is -2.51. The van der Waals surface area contributed by atoms with Gasteiger partial charge in [-0.25, -0.2) is 14.8 Å². The second-order valence-electron chi connectivity index (χ2n) is 5.86. The first-order valence-electron chi connectivity index (χ1n) is 7.12. The van der Waals surface area contributed by atoms with Crippen molar-refractivity contribution >= 4 is 11.7 Å². The molecular formula is C14H19F3N4O. The van der Waals surface area contributed by atoms with Gasteiger partial charge in [-0.1, -0.05) is 6.92 Å². The lowest BCUT2D eigenvalue weighted by atomic mass is 9.88. The van der Waals surface area contributed by atoms with E-state index in [-0.39, 0.29) is 13.0 Å². The molecule has 0 radical (unpaired) electrons. The summed E-state index contributed by atoms with van der Waals surface area (Å²) in [5, 5.41) is 2.56. The molecule has 2 heterocycles. The number of aryl methyl sites for hydroxylation is 1. The number of nitrogens with zero attached hydrogens (tertiary/aromatic N) is 3. The highest BCUT2D eigenvalue weighted by Gasteiger charge is 2.56. The number of halogens is 3. The number of aromatic nitrogens is 2. The third kappa shape index (κ3) is 3.15. The molecule has 0 aliphatic carbocycles. The largest absolute Gasteiger partial charge is 0.394 e. The van der Waals surface area contributed by atoms with Crippen LogP contribution in [-0.4, -0.2) is 39.2 Å². The summed E-state index contributed by atoms with van der Waals surface area (Å²) in [6.45, 7) is 4.84. The number of hydrogen-bond donors (Lipinski definition) is 1. The van der Waals surface area contributed by atoms with Crippen molar-refractivity contribution in [3.63, 3.8) is 0 Å². The number of rotatable bonds is 2. The van der Waals surface area contributed by atoms with Crippen molar-refractivity contribution < 1.29 is 18.0 Å². The van der Waals surface area contributed by atoms with E-state index in [2.05, 4.69) is 15.3 Å². The van der Waals surface area contributed by atoms with Crippen molar-refractivity contribution in [1.29, 1.82) is 0 Å². The molecule has 0 bridgehead atoms. The van der Waals surface area contributed by atoms with Gasteiger partial charge in [-0.05, 0) is 20.3 Å². The highest BCUT2D eigenvalue weighted by Crippen LogP contribution is 2.44. The van der Waals surface area contributed by atoms with Crippen LogP contribution in [0.15, 0.2) is 12.4 Å². The summed E-state index contributed by atoms with van der Waals surface area (Å²) < 4.78 is 39.1. The van der Waals surface area contributed by atoms with E-state index in [9.17, 15) is 18.0 Å². The van der Waals surface area contributed by atoms with Crippen molar-refractivity contribution in [3.05, 3.63) is 18.2 Å². The number of nitrogens with one attached hydrogen (secondary N) is 1. The number of urea groups is 1. The summed E-state index contributed by atoms with van der Waals surface area (Å²) in [5.74, 6) is -0.888. The second-order valence-corrected chi connectivity index (χ2v) is 5.86. The zero-order valence-corrected chi connectivity index (χ0v) is 12.7. The predicted octanol–water partition coefficient (Wildman–Crippen LogP) is 3.23. The molecule has 2 rings (SSSR count). The summed E-state index contributed by atoms with van der Waals surface area (Å²) >= 11 is 0. The lowest BCUT2D eigenvalue weighted by molar-refractivity contribution is -0.189. The average Bonchev–Trinajstić information content (AvgIpc) is 2.74. The van der Waals surface area contributed by atoms with E-state index in [1.54, 1.807) is 0 Å². The van der Waals surface area contributed by atoms with Gasteiger partial charge in [0.25, 0.3) is 0 Å².